The van der Waals surface area contributed by atoms with Gasteiger partial charge in [-0.1, -0.05) is 17.7 Å². The van der Waals surface area contributed by atoms with Crippen LogP contribution < -0.4 is 0 Å². The van der Waals surface area contributed by atoms with E-state index in [1.54, 1.807) is 6.07 Å². The molecule has 0 aliphatic heterocycles. The van der Waals surface area contributed by atoms with Gasteiger partial charge in [0.2, 0.25) is 0 Å². The van der Waals surface area contributed by atoms with Gasteiger partial charge in [0.25, 0.3) is 0 Å². The maximum absolute atomic E-state index is 12.2. The molecule has 0 saturated carbocycles. The monoisotopic (exact) mass is 314 g/mol. The SMILES string of the molecule is Cc1oc(CS(=O)(=O)c2cccc(Cl)c2)cc1C(=O)O. The van der Waals surface area contributed by atoms with Crippen molar-refractivity contribution in [2.75, 3.05) is 0 Å². The smallest absolute Gasteiger partial charge is 0.339 e. The molecule has 0 spiro atoms. The van der Waals surface area contributed by atoms with E-state index >= 15 is 0 Å². The number of furan rings is 1. The van der Waals surface area contributed by atoms with Crippen LogP contribution >= 0.6 is 11.6 Å². The van der Waals surface area contributed by atoms with Gasteiger partial charge >= 0.3 is 5.97 Å². The lowest BCUT2D eigenvalue weighted by Gasteiger charge is -2.02. The molecule has 20 heavy (non-hydrogen) atoms. The number of hydrogen-bond acceptors (Lipinski definition) is 4. The highest BCUT2D eigenvalue weighted by atomic mass is 35.5. The molecule has 0 fully saturated rings. The van der Waals surface area contributed by atoms with Gasteiger partial charge in [-0.15, -0.1) is 0 Å². The second kappa shape index (κ2) is 5.30. The predicted molar refractivity (Wildman–Crippen MR) is 72.7 cm³/mol. The van der Waals surface area contributed by atoms with E-state index in [1.165, 1.54) is 31.2 Å². The van der Waals surface area contributed by atoms with Crippen LogP contribution in [-0.2, 0) is 15.6 Å². The zero-order valence-corrected chi connectivity index (χ0v) is 12.0. The third-order valence-electron chi connectivity index (χ3n) is 2.69. The molecule has 1 heterocycles. The van der Waals surface area contributed by atoms with Crippen LogP contribution in [0.15, 0.2) is 39.6 Å². The minimum absolute atomic E-state index is 0.0405. The second-order valence-electron chi connectivity index (χ2n) is 4.20. The first-order valence-corrected chi connectivity index (χ1v) is 7.63. The summed E-state index contributed by atoms with van der Waals surface area (Å²) in [6.07, 6.45) is 0. The number of benzene rings is 1. The van der Waals surface area contributed by atoms with Crippen LogP contribution in [0.5, 0.6) is 0 Å². The molecule has 1 aromatic heterocycles. The van der Waals surface area contributed by atoms with Crippen molar-refractivity contribution in [3.63, 3.8) is 0 Å². The van der Waals surface area contributed by atoms with Gasteiger partial charge in [0.15, 0.2) is 9.84 Å². The van der Waals surface area contributed by atoms with E-state index in [9.17, 15) is 13.2 Å². The van der Waals surface area contributed by atoms with E-state index in [0.29, 0.717) is 5.02 Å². The van der Waals surface area contributed by atoms with Gasteiger partial charge in [-0.25, -0.2) is 13.2 Å². The first kappa shape index (κ1) is 14.6. The standard InChI is InChI=1S/C13H11ClO5S/c1-8-12(13(15)16)6-10(19-8)7-20(17,18)11-4-2-3-9(14)5-11/h2-6H,7H2,1H3,(H,15,16). The molecule has 2 rings (SSSR count). The Bertz CT molecular complexity index is 761. The molecular formula is C13H11ClO5S. The summed E-state index contributed by atoms with van der Waals surface area (Å²) < 4.78 is 29.5. The van der Waals surface area contributed by atoms with Crippen molar-refractivity contribution >= 4 is 27.4 Å². The predicted octanol–water partition coefficient (Wildman–Crippen LogP) is 2.91. The first-order valence-electron chi connectivity index (χ1n) is 5.60. The lowest BCUT2D eigenvalue weighted by atomic mass is 10.2. The van der Waals surface area contributed by atoms with Gasteiger partial charge in [-0.05, 0) is 31.2 Å². The first-order chi connectivity index (χ1) is 9.29. The number of hydrogen-bond donors (Lipinski definition) is 1. The molecule has 7 heteroatoms. The second-order valence-corrected chi connectivity index (χ2v) is 6.63. The van der Waals surface area contributed by atoms with E-state index in [2.05, 4.69) is 0 Å². The average Bonchev–Trinajstić information content (AvgIpc) is 2.69. The Kier molecular flexibility index (Phi) is 3.87. The van der Waals surface area contributed by atoms with E-state index in [4.69, 9.17) is 21.1 Å². The lowest BCUT2D eigenvalue weighted by molar-refractivity contribution is 0.0695. The number of carboxylic acids is 1. The minimum atomic E-state index is -3.64. The summed E-state index contributed by atoms with van der Waals surface area (Å²) in [5.74, 6) is -1.31. The van der Waals surface area contributed by atoms with Crippen LogP contribution in [0.2, 0.25) is 5.02 Å². The van der Waals surface area contributed by atoms with E-state index in [0.717, 1.165) is 0 Å². The summed E-state index contributed by atoms with van der Waals surface area (Å²) in [5.41, 5.74) is -0.0405. The van der Waals surface area contributed by atoms with Gasteiger partial charge in [-0.2, -0.15) is 0 Å². The van der Waals surface area contributed by atoms with Crippen LogP contribution in [-0.4, -0.2) is 19.5 Å². The average molecular weight is 315 g/mol. The number of carbonyl (C=O) groups is 1. The van der Waals surface area contributed by atoms with Crippen molar-refractivity contribution in [2.24, 2.45) is 0 Å². The van der Waals surface area contributed by atoms with Crippen LogP contribution in [0.1, 0.15) is 21.9 Å². The van der Waals surface area contributed by atoms with Crippen molar-refractivity contribution in [1.82, 2.24) is 0 Å². The van der Waals surface area contributed by atoms with Gasteiger partial charge in [0, 0.05) is 5.02 Å². The fourth-order valence-electron chi connectivity index (χ4n) is 1.76. The molecule has 2 aromatic rings. The van der Waals surface area contributed by atoms with Gasteiger partial charge in [0.1, 0.15) is 22.8 Å². The number of rotatable bonds is 4. The summed E-state index contributed by atoms with van der Waals surface area (Å²) in [7, 11) is -3.64. The summed E-state index contributed by atoms with van der Waals surface area (Å²) in [4.78, 5) is 11.0. The maximum atomic E-state index is 12.2. The summed E-state index contributed by atoms with van der Waals surface area (Å²) in [6, 6.07) is 7.09. The fourth-order valence-corrected chi connectivity index (χ4v) is 3.29. The Morgan fingerprint density at radius 1 is 1.35 bits per heavy atom. The Morgan fingerprint density at radius 2 is 2.05 bits per heavy atom. The molecule has 5 nitrogen and oxygen atoms in total. The summed E-state index contributed by atoms with van der Waals surface area (Å²) in [6.45, 7) is 1.47. The minimum Gasteiger partial charge on any atom is -0.478 e. The number of carboxylic acid groups (broad SMARTS) is 1. The maximum Gasteiger partial charge on any atom is 0.339 e. The van der Waals surface area contributed by atoms with Crippen molar-refractivity contribution in [3.8, 4) is 0 Å². The molecule has 0 amide bonds. The lowest BCUT2D eigenvalue weighted by Crippen LogP contribution is -2.04. The number of halogens is 1. The van der Waals surface area contributed by atoms with Crippen molar-refractivity contribution < 1.29 is 22.7 Å². The Labute approximate surface area is 120 Å². The molecule has 0 aliphatic rings. The fraction of sp³-hybridized carbons (Fsp3) is 0.154. The molecule has 106 valence electrons. The Balaban J connectivity index is 2.34. The molecule has 1 aromatic carbocycles. The molecule has 0 unspecified atom stereocenters. The van der Waals surface area contributed by atoms with Crippen LogP contribution in [0.25, 0.3) is 0 Å². The molecule has 0 bridgehead atoms. The van der Waals surface area contributed by atoms with E-state index < -0.39 is 21.6 Å². The molecular weight excluding hydrogens is 304 g/mol. The number of sulfone groups is 1. The third kappa shape index (κ3) is 3.02. The zero-order chi connectivity index (χ0) is 14.9. The highest BCUT2D eigenvalue weighted by Crippen LogP contribution is 2.22. The van der Waals surface area contributed by atoms with Crippen molar-refractivity contribution in [1.29, 1.82) is 0 Å². The van der Waals surface area contributed by atoms with Crippen LogP contribution in [0.3, 0.4) is 0 Å². The molecule has 0 atom stereocenters. The van der Waals surface area contributed by atoms with E-state index in [1.807, 2.05) is 0 Å². The Hall–Kier alpha value is -1.79. The van der Waals surface area contributed by atoms with Gasteiger partial charge < -0.3 is 9.52 Å². The zero-order valence-electron chi connectivity index (χ0n) is 10.5. The highest BCUT2D eigenvalue weighted by molar-refractivity contribution is 7.90. The normalized spacial score (nSPS) is 11.5. The molecule has 0 aliphatic carbocycles. The van der Waals surface area contributed by atoms with Crippen molar-refractivity contribution in [3.05, 3.63) is 52.4 Å². The van der Waals surface area contributed by atoms with E-state index in [-0.39, 0.29) is 22.0 Å². The quantitative estimate of drug-likeness (QED) is 0.938. The molecule has 0 radical (unpaired) electrons. The number of aromatic carboxylic acids is 1. The summed E-state index contributed by atoms with van der Waals surface area (Å²) >= 11 is 5.76. The third-order valence-corrected chi connectivity index (χ3v) is 4.56. The molecule has 1 N–H and O–H groups in total. The number of aryl methyl sites for hydroxylation is 1. The highest BCUT2D eigenvalue weighted by Gasteiger charge is 2.21. The van der Waals surface area contributed by atoms with Crippen LogP contribution in [0.4, 0.5) is 0 Å². The van der Waals surface area contributed by atoms with Gasteiger partial charge in [0.05, 0.1) is 4.90 Å². The largest absolute Gasteiger partial charge is 0.478 e. The topological polar surface area (TPSA) is 84.6 Å². The van der Waals surface area contributed by atoms with Crippen molar-refractivity contribution in [2.45, 2.75) is 17.6 Å². The Morgan fingerprint density at radius 3 is 2.60 bits per heavy atom. The van der Waals surface area contributed by atoms with Crippen LogP contribution in [0, 0.1) is 6.92 Å². The molecule has 0 saturated heterocycles. The summed E-state index contributed by atoms with van der Waals surface area (Å²) in [5, 5.41) is 9.22. The van der Waals surface area contributed by atoms with Gasteiger partial charge in [-0.3, -0.25) is 0 Å².